The van der Waals surface area contributed by atoms with Crippen LogP contribution in [0.2, 0.25) is 0 Å². The van der Waals surface area contributed by atoms with Gasteiger partial charge in [-0.25, -0.2) is 5.43 Å². The van der Waals surface area contributed by atoms with Gasteiger partial charge < -0.3 is 9.30 Å². The Labute approximate surface area is 158 Å². The monoisotopic (exact) mass is 368 g/mol. The van der Waals surface area contributed by atoms with Crippen LogP contribution in [-0.4, -0.2) is 35.7 Å². The van der Waals surface area contributed by atoms with Gasteiger partial charge in [-0.15, -0.1) is 0 Å². The molecule has 1 N–H and O–H groups in total. The first-order valence-corrected chi connectivity index (χ1v) is 8.91. The van der Waals surface area contributed by atoms with Crippen molar-refractivity contribution in [2.45, 2.75) is 33.7 Å². The second-order valence-corrected chi connectivity index (χ2v) is 6.82. The van der Waals surface area contributed by atoms with E-state index in [0.29, 0.717) is 17.5 Å². The third-order valence-electron chi connectivity index (χ3n) is 4.54. The van der Waals surface area contributed by atoms with Crippen LogP contribution in [0.4, 0.5) is 5.69 Å². The van der Waals surface area contributed by atoms with Crippen LogP contribution in [0.15, 0.2) is 35.4 Å². The van der Waals surface area contributed by atoms with Crippen LogP contribution in [0.25, 0.3) is 0 Å². The summed E-state index contributed by atoms with van der Waals surface area (Å²) in [4.78, 5) is 25.8. The topological polar surface area (TPSA) is 75.9 Å². The van der Waals surface area contributed by atoms with Gasteiger partial charge in [0.15, 0.2) is 6.61 Å². The molecule has 1 aliphatic heterocycles. The minimum absolute atomic E-state index is 0.0747. The predicted octanol–water partition coefficient (Wildman–Crippen LogP) is 2.56. The van der Waals surface area contributed by atoms with Crippen LogP contribution < -0.4 is 15.1 Å². The Morgan fingerprint density at radius 3 is 2.78 bits per heavy atom. The van der Waals surface area contributed by atoms with Gasteiger partial charge >= 0.3 is 0 Å². The zero-order valence-electron chi connectivity index (χ0n) is 16.0. The van der Waals surface area contributed by atoms with Crippen LogP contribution in [0.5, 0.6) is 5.75 Å². The van der Waals surface area contributed by atoms with Crippen LogP contribution in [-0.2, 0) is 9.59 Å². The molecule has 2 heterocycles. The molecule has 2 aromatic rings. The maximum absolute atomic E-state index is 12.3. The van der Waals surface area contributed by atoms with Gasteiger partial charge in [-0.05, 0) is 45.9 Å². The number of hydrogen-bond acceptors (Lipinski definition) is 4. The zero-order valence-corrected chi connectivity index (χ0v) is 16.0. The summed E-state index contributed by atoms with van der Waals surface area (Å²) < 4.78 is 7.59. The SMILES string of the molecule is Cc1cc(/C=N\NC(=O)CN2C(=O)COc3ccccc32)c(C)n1C(C)C. The fourth-order valence-corrected chi connectivity index (χ4v) is 3.41. The minimum atomic E-state index is -0.367. The number of nitrogens with zero attached hydrogens (tertiary/aromatic N) is 3. The smallest absolute Gasteiger partial charge is 0.265 e. The lowest BCUT2D eigenvalue weighted by molar-refractivity contribution is -0.125. The molecule has 7 heteroatoms. The molecule has 2 amide bonds. The number of aromatic nitrogens is 1. The molecule has 27 heavy (non-hydrogen) atoms. The highest BCUT2D eigenvalue weighted by atomic mass is 16.5. The van der Waals surface area contributed by atoms with Crippen LogP contribution in [0.1, 0.15) is 36.8 Å². The molecule has 0 unspecified atom stereocenters. The van der Waals surface area contributed by atoms with Crippen LogP contribution >= 0.6 is 0 Å². The average Bonchev–Trinajstić information content (AvgIpc) is 2.91. The van der Waals surface area contributed by atoms with Gasteiger partial charge in [0, 0.05) is 23.0 Å². The summed E-state index contributed by atoms with van der Waals surface area (Å²) in [5.74, 6) is -0.0307. The molecule has 1 aromatic carbocycles. The first-order chi connectivity index (χ1) is 12.9. The van der Waals surface area contributed by atoms with Gasteiger partial charge in [0.2, 0.25) is 0 Å². The van der Waals surface area contributed by atoms with E-state index in [9.17, 15) is 9.59 Å². The van der Waals surface area contributed by atoms with E-state index in [1.54, 1.807) is 24.4 Å². The van der Waals surface area contributed by atoms with Crippen LogP contribution in [0.3, 0.4) is 0 Å². The molecule has 142 valence electrons. The van der Waals surface area contributed by atoms with Crippen molar-refractivity contribution in [1.29, 1.82) is 0 Å². The molecule has 1 aromatic heterocycles. The number of benzene rings is 1. The third kappa shape index (κ3) is 3.86. The Hall–Kier alpha value is -3.09. The van der Waals surface area contributed by atoms with E-state index in [1.807, 2.05) is 26.0 Å². The fourth-order valence-electron chi connectivity index (χ4n) is 3.41. The number of nitrogens with one attached hydrogen (secondary N) is 1. The number of carbonyl (C=O) groups is 2. The average molecular weight is 368 g/mol. The molecule has 0 aliphatic carbocycles. The molecule has 0 bridgehead atoms. The predicted molar refractivity (Wildman–Crippen MR) is 104 cm³/mol. The van der Waals surface area contributed by atoms with E-state index < -0.39 is 0 Å². The third-order valence-corrected chi connectivity index (χ3v) is 4.54. The summed E-state index contributed by atoms with van der Waals surface area (Å²) in [6.45, 7) is 8.14. The van der Waals surface area contributed by atoms with Gasteiger partial charge in [-0.1, -0.05) is 12.1 Å². The molecule has 0 atom stereocenters. The van der Waals surface area contributed by atoms with E-state index in [-0.39, 0.29) is 25.0 Å². The Morgan fingerprint density at radius 2 is 2.07 bits per heavy atom. The standard InChI is InChI=1S/C20H24N4O3/c1-13(2)24-14(3)9-16(15(24)4)10-21-22-19(25)11-23-17-7-5-6-8-18(17)27-12-20(23)26/h5-10,13H,11-12H2,1-4H3,(H,22,25)/b21-10-. The van der Waals surface area contributed by atoms with E-state index in [1.165, 1.54) is 4.90 Å². The first kappa shape index (κ1) is 18.7. The molecule has 0 radical (unpaired) electrons. The number of aryl methyl sites for hydroxylation is 1. The van der Waals surface area contributed by atoms with E-state index >= 15 is 0 Å². The first-order valence-electron chi connectivity index (χ1n) is 8.91. The summed E-state index contributed by atoms with van der Waals surface area (Å²) in [6, 6.07) is 9.54. The zero-order chi connectivity index (χ0) is 19.6. The number of carbonyl (C=O) groups excluding carboxylic acids is 2. The van der Waals surface area contributed by atoms with Crippen molar-refractivity contribution in [2.24, 2.45) is 5.10 Å². The lowest BCUT2D eigenvalue weighted by atomic mass is 10.2. The van der Waals surface area contributed by atoms with Crippen molar-refractivity contribution in [2.75, 3.05) is 18.1 Å². The van der Waals surface area contributed by atoms with Crippen molar-refractivity contribution < 1.29 is 14.3 Å². The summed E-state index contributed by atoms with van der Waals surface area (Å²) >= 11 is 0. The fraction of sp³-hybridized carbons (Fsp3) is 0.350. The molecule has 0 spiro atoms. The highest BCUT2D eigenvalue weighted by Gasteiger charge is 2.26. The van der Waals surface area contributed by atoms with Gasteiger partial charge in [0.05, 0.1) is 11.9 Å². The Bertz CT molecular complexity index is 899. The van der Waals surface area contributed by atoms with Gasteiger partial charge in [-0.2, -0.15) is 5.10 Å². The summed E-state index contributed by atoms with van der Waals surface area (Å²) in [5, 5.41) is 4.06. The number of anilines is 1. The van der Waals surface area contributed by atoms with Crippen molar-refractivity contribution in [1.82, 2.24) is 9.99 Å². The Morgan fingerprint density at radius 1 is 1.33 bits per heavy atom. The molecule has 3 rings (SSSR count). The van der Waals surface area contributed by atoms with Gasteiger partial charge in [0.1, 0.15) is 12.3 Å². The van der Waals surface area contributed by atoms with Gasteiger partial charge in [0.25, 0.3) is 11.8 Å². The Balaban J connectivity index is 1.66. The highest BCUT2D eigenvalue weighted by molar-refractivity contribution is 6.02. The maximum Gasteiger partial charge on any atom is 0.265 e. The summed E-state index contributed by atoms with van der Waals surface area (Å²) in [7, 11) is 0. The van der Waals surface area contributed by atoms with Crippen LogP contribution in [0, 0.1) is 13.8 Å². The van der Waals surface area contributed by atoms with Crippen molar-refractivity contribution >= 4 is 23.7 Å². The molecular formula is C20H24N4O3. The summed E-state index contributed by atoms with van der Waals surface area (Å²) in [5.41, 5.74) is 6.29. The van der Waals surface area contributed by atoms with Crippen molar-refractivity contribution in [3.63, 3.8) is 0 Å². The largest absolute Gasteiger partial charge is 0.482 e. The number of para-hydroxylation sites is 2. The lowest BCUT2D eigenvalue weighted by Gasteiger charge is -2.28. The van der Waals surface area contributed by atoms with E-state index in [4.69, 9.17) is 4.74 Å². The Kier molecular flexibility index (Phi) is 5.30. The van der Waals surface area contributed by atoms with Gasteiger partial charge in [-0.3, -0.25) is 14.5 Å². The number of hydrazone groups is 1. The number of hydrogen-bond donors (Lipinski definition) is 1. The van der Waals surface area contributed by atoms with E-state index in [2.05, 4.69) is 28.9 Å². The molecule has 7 nitrogen and oxygen atoms in total. The molecule has 0 saturated carbocycles. The minimum Gasteiger partial charge on any atom is -0.482 e. The molecule has 0 saturated heterocycles. The van der Waals surface area contributed by atoms with Crippen molar-refractivity contribution in [3.05, 3.63) is 47.3 Å². The quantitative estimate of drug-likeness (QED) is 0.651. The second-order valence-electron chi connectivity index (χ2n) is 6.82. The second kappa shape index (κ2) is 7.65. The lowest BCUT2D eigenvalue weighted by Crippen LogP contribution is -2.44. The highest BCUT2D eigenvalue weighted by Crippen LogP contribution is 2.31. The summed E-state index contributed by atoms with van der Waals surface area (Å²) in [6.07, 6.45) is 1.63. The number of ether oxygens (including phenoxy) is 1. The number of fused-ring (bicyclic) bond motifs is 1. The molecular weight excluding hydrogens is 344 g/mol. The number of amides is 2. The normalized spacial score (nSPS) is 13.8. The number of rotatable bonds is 5. The van der Waals surface area contributed by atoms with E-state index in [0.717, 1.165) is 17.0 Å². The molecule has 0 fully saturated rings. The van der Waals surface area contributed by atoms with Crippen molar-refractivity contribution in [3.8, 4) is 5.75 Å². The maximum atomic E-state index is 12.3. The molecule has 1 aliphatic rings.